The van der Waals surface area contributed by atoms with Gasteiger partial charge in [0.15, 0.2) is 0 Å². The van der Waals surface area contributed by atoms with Crippen LogP contribution in [0.5, 0.6) is 0 Å². The molecule has 80 valence electrons. The van der Waals surface area contributed by atoms with Crippen LogP contribution in [0.4, 0.5) is 0 Å². The second-order valence-electron chi connectivity index (χ2n) is 4.12. The zero-order chi connectivity index (χ0) is 11.2. The third-order valence-electron chi connectivity index (χ3n) is 2.81. The molecule has 0 heterocycles. The van der Waals surface area contributed by atoms with E-state index in [9.17, 15) is 0 Å². The maximum atomic E-state index is 5.24. The van der Waals surface area contributed by atoms with Gasteiger partial charge in [0, 0.05) is 5.41 Å². The average Bonchev–Trinajstić information content (AvgIpc) is 2.17. The van der Waals surface area contributed by atoms with Crippen LogP contribution in [0, 0.1) is 5.41 Å². The Balaban J connectivity index is 4.73. The van der Waals surface area contributed by atoms with Gasteiger partial charge in [-0.3, -0.25) is 0 Å². The summed E-state index contributed by atoms with van der Waals surface area (Å²) in [7, 11) is 1.69. The highest BCUT2D eigenvalue weighted by molar-refractivity contribution is 5.98. The van der Waals surface area contributed by atoms with Crippen molar-refractivity contribution in [1.29, 1.82) is 0 Å². The number of hydrogen-bond acceptors (Lipinski definition) is 1. The molecule has 0 saturated heterocycles. The van der Waals surface area contributed by atoms with Gasteiger partial charge in [-0.05, 0) is 26.7 Å². The van der Waals surface area contributed by atoms with E-state index in [-0.39, 0.29) is 5.41 Å². The Morgan fingerprint density at radius 3 is 2.36 bits per heavy atom. The summed E-state index contributed by atoms with van der Waals surface area (Å²) in [5, 5.41) is 0. The lowest BCUT2D eigenvalue weighted by atomic mass is 9.80. The van der Waals surface area contributed by atoms with Gasteiger partial charge in [-0.25, -0.2) is 0 Å². The van der Waals surface area contributed by atoms with Crippen molar-refractivity contribution in [3.05, 3.63) is 24.0 Å². The van der Waals surface area contributed by atoms with Gasteiger partial charge in [0.25, 0.3) is 0 Å². The fourth-order valence-electron chi connectivity index (χ4n) is 1.59. The van der Waals surface area contributed by atoms with Crippen molar-refractivity contribution >= 4 is 8.05 Å². The zero-order valence-corrected chi connectivity index (χ0v) is 10.3. The third-order valence-corrected chi connectivity index (χ3v) is 2.81. The Kier molecular flexibility index (Phi) is 5.67. The normalized spacial score (nSPS) is 12.7. The molecule has 0 aromatic heterocycles. The van der Waals surface area contributed by atoms with Gasteiger partial charge in [0.2, 0.25) is 0 Å². The highest BCUT2D eigenvalue weighted by atomic mass is 16.4. The first-order valence-electron chi connectivity index (χ1n) is 5.43. The quantitative estimate of drug-likeness (QED) is 0.358. The van der Waals surface area contributed by atoms with E-state index in [1.165, 1.54) is 12.0 Å². The van der Waals surface area contributed by atoms with Crippen LogP contribution in [-0.2, 0) is 4.65 Å². The SMILES string of the molecule is BOC(=C)C(C)(C)/C(=C/CCC)CC. The Labute approximate surface area is 89.7 Å². The van der Waals surface area contributed by atoms with Gasteiger partial charge in [-0.2, -0.15) is 0 Å². The lowest BCUT2D eigenvalue weighted by Crippen LogP contribution is -2.18. The van der Waals surface area contributed by atoms with Crippen LogP contribution in [0.2, 0.25) is 0 Å². The van der Waals surface area contributed by atoms with E-state index < -0.39 is 0 Å². The molecule has 14 heavy (non-hydrogen) atoms. The van der Waals surface area contributed by atoms with Crippen molar-refractivity contribution in [3.63, 3.8) is 0 Å². The van der Waals surface area contributed by atoms with E-state index in [4.69, 9.17) is 4.65 Å². The predicted octanol–water partition coefficient (Wildman–Crippen LogP) is 3.23. The maximum absolute atomic E-state index is 5.24. The average molecular weight is 194 g/mol. The molecule has 2 heteroatoms. The number of allylic oxidation sites excluding steroid dienone is 2. The largest absolute Gasteiger partial charge is 0.570 e. The first-order chi connectivity index (χ1) is 6.50. The fraction of sp³-hybridized carbons (Fsp3) is 0.667. The van der Waals surface area contributed by atoms with Gasteiger partial charge in [-0.15, -0.1) is 0 Å². The predicted molar refractivity (Wildman–Crippen MR) is 65.8 cm³/mol. The van der Waals surface area contributed by atoms with Crippen molar-refractivity contribution < 1.29 is 4.65 Å². The van der Waals surface area contributed by atoms with Crippen LogP contribution in [0.3, 0.4) is 0 Å². The van der Waals surface area contributed by atoms with Crippen LogP contribution in [0.1, 0.15) is 47.0 Å². The molecular weight excluding hydrogens is 171 g/mol. The molecule has 0 saturated carbocycles. The molecule has 0 spiro atoms. The molecule has 0 atom stereocenters. The molecule has 0 aromatic rings. The summed E-state index contributed by atoms with van der Waals surface area (Å²) in [4.78, 5) is 0. The maximum Gasteiger partial charge on any atom is 0.321 e. The minimum Gasteiger partial charge on any atom is -0.570 e. The van der Waals surface area contributed by atoms with Crippen LogP contribution in [0.15, 0.2) is 24.0 Å². The summed E-state index contributed by atoms with van der Waals surface area (Å²) < 4.78 is 5.24. The molecule has 0 aliphatic heterocycles. The highest BCUT2D eigenvalue weighted by Gasteiger charge is 2.25. The van der Waals surface area contributed by atoms with E-state index >= 15 is 0 Å². The van der Waals surface area contributed by atoms with Crippen LogP contribution >= 0.6 is 0 Å². The lowest BCUT2D eigenvalue weighted by molar-refractivity contribution is 0.326. The Morgan fingerprint density at radius 1 is 1.43 bits per heavy atom. The summed E-state index contributed by atoms with van der Waals surface area (Å²) in [6, 6.07) is 0. The van der Waals surface area contributed by atoms with E-state index in [1.807, 2.05) is 0 Å². The first kappa shape index (κ1) is 13.3. The Bertz CT molecular complexity index is 216. The molecule has 0 aliphatic carbocycles. The van der Waals surface area contributed by atoms with E-state index in [0.717, 1.165) is 18.6 Å². The van der Waals surface area contributed by atoms with Crippen molar-refractivity contribution in [2.24, 2.45) is 5.41 Å². The summed E-state index contributed by atoms with van der Waals surface area (Å²) in [5.74, 6) is 0.849. The topological polar surface area (TPSA) is 9.23 Å². The molecular formula is C12H23BO. The third kappa shape index (κ3) is 3.24. The molecule has 0 rings (SSSR count). The molecule has 0 fully saturated rings. The smallest absolute Gasteiger partial charge is 0.321 e. The second kappa shape index (κ2) is 5.95. The van der Waals surface area contributed by atoms with Gasteiger partial charge in [-0.1, -0.05) is 38.5 Å². The lowest BCUT2D eigenvalue weighted by Gasteiger charge is -2.29. The van der Waals surface area contributed by atoms with Crippen molar-refractivity contribution in [2.75, 3.05) is 0 Å². The Morgan fingerprint density at radius 2 is 2.00 bits per heavy atom. The van der Waals surface area contributed by atoms with E-state index in [1.54, 1.807) is 8.05 Å². The Hall–Kier alpha value is -0.655. The first-order valence-corrected chi connectivity index (χ1v) is 5.43. The minimum atomic E-state index is -0.0291. The molecule has 0 aromatic carbocycles. The van der Waals surface area contributed by atoms with Crippen molar-refractivity contribution in [1.82, 2.24) is 0 Å². The highest BCUT2D eigenvalue weighted by Crippen LogP contribution is 2.36. The van der Waals surface area contributed by atoms with Crippen LogP contribution in [0.25, 0.3) is 0 Å². The second-order valence-corrected chi connectivity index (χ2v) is 4.12. The van der Waals surface area contributed by atoms with Crippen molar-refractivity contribution in [3.8, 4) is 0 Å². The van der Waals surface area contributed by atoms with Crippen LogP contribution in [-0.4, -0.2) is 8.05 Å². The molecule has 0 radical (unpaired) electrons. The molecule has 0 N–H and O–H groups in total. The number of rotatable bonds is 6. The van der Waals surface area contributed by atoms with Gasteiger partial charge < -0.3 is 4.65 Å². The molecule has 0 amide bonds. The van der Waals surface area contributed by atoms with Gasteiger partial charge in [0.05, 0.1) is 5.76 Å². The minimum absolute atomic E-state index is 0.0291. The monoisotopic (exact) mass is 194 g/mol. The van der Waals surface area contributed by atoms with E-state index in [0.29, 0.717) is 0 Å². The molecule has 1 nitrogen and oxygen atoms in total. The van der Waals surface area contributed by atoms with Crippen molar-refractivity contribution in [2.45, 2.75) is 47.0 Å². The summed E-state index contributed by atoms with van der Waals surface area (Å²) in [6.07, 6.45) is 5.72. The number of hydrogen-bond donors (Lipinski definition) is 0. The summed E-state index contributed by atoms with van der Waals surface area (Å²) >= 11 is 0. The zero-order valence-electron chi connectivity index (χ0n) is 10.3. The fourth-order valence-corrected chi connectivity index (χ4v) is 1.59. The number of unbranched alkanes of at least 4 members (excludes halogenated alkanes) is 1. The van der Waals surface area contributed by atoms with E-state index in [2.05, 4.69) is 40.3 Å². The van der Waals surface area contributed by atoms with Gasteiger partial charge >= 0.3 is 8.05 Å². The molecule has 0 unspecified atom stereocenters. The summed E-state index contributed by atoms with van der Waals surface area (Å²) in [6.45, 7) is 12.7. The molecule has 0 aliphatic rings. The van der Waals surface area contributed by atoms with Gasteiger partial charge in [0.1, 0.15) is 0 Å². The molecule has 0 bridgehead atoms. The summed E-state index contributed by atoms with van der Waals surface area (Å²) in [5.41, 5.74) is 1.39. The standard InChI is InChI=1S/C12H23BO/c1-6-8-9-11(7-2)12(4,5)10(3)14-13/h9H,3,6-8,13H2,1-2,4-5H3/b11-9+. The van der Waals surface area contributed by atoms with Crippen LogP contribution < -0.4 is 0 Å².